The van der Waals surface area contributed by atoms with Gasteiger partial charge in [0.25, 0.3) is 5.91 Å². The molecule has 1 aliphatic carbocycles. The van der Waals surface area contributed by atoms with Gasteiger partial charge in [0.15, 0.2) is 11.7 Å². The van der Waals surface area contributed by atoms with Gasteiger partial charge in [-0.2, -0.15) is 0 Å². The summed E-state index contributed by atoms with van der Waals surface area (Å²) in [6.07, 6.45) is 8.39. The number of aliphatic hydroxyl groups is 1. The van der Waals surface area contributed by atoms with E-state index in [-0.39, 0.29) is 47.7 Å². The number of carbonyl (C=O) groups excluding carboxylic acids is 1. The lowest BCUT2D eigenvalue weighted by Crippen LogP contribution is -2.44. The molecule has 7 nitrogen and oxygen atoms in total. The van der Waals surface area contributed by atoms with Gasteiger partial charge in [-0.05, 0) is 61.4 Å². The number of anilines is 1. The summed E-state index contributed by atoms with van der Waals surface area (Å²) in [7, 11) is 0. The van der Waals surface area contributed by atoms with Gasteiger partial charge in [-0.1, -0.05) is 31.4 Å². The fraction of sp³-hybridized carbons (Fsp3) is 0.500. The van der Waals surface area contributed by atoms with E-state index in [9.17, 15) is 9.90 Å². The topological polar surface area (TPSA) is 98.9 Å². The van der Waals surface area contributed by atoms with Crippen LogP contribution in [0.25, 0.3) is 0 Å². The first-order valence-corrected chi connectivity index (χ1v) is 11.2. The summed E-state index contributed by atoms with van der Waals surface area (Å²) in [5.74, 6) is 0.807. The monoisotopic (exact) mass is 554 g/mol. The molecule has 1 aromatic heterocycles. The fourth-order valence-electron chi connectivity index (χ4n) is 4.13. The number of nitrogens with one attached hydrogen (secondary N) is 3. The quantitative estimate of drug-likeness (QED) is 0.207. The molecule has 8 heteroatoms. The van der Waals surface area contributed by atoms with Gasteiger partial charge in [0.05, 0.1) is 12.8 Å². The first-order valence-electron chi connectivity index (χ1n) is 11.2. The Labute approximate surface area is 207 Å². The Morgan fingerprint density at radius 3 is 2.50 bits per heavy atom. The second-order valence-corrected chi connectivity index (χ2v) is 8.21. The zero-order valence-electron chi connectivity index (χ0n) is 18.7. The first kappa shape index (κ1) is 26.2. The average Bonchev–Trinajstić information content (AvgIpc) is 3.33. The summed E-state index contributed by atoms with van der Waals surface area (Å²) in [5.41, 5.74) is 1.93. The van der Waals surface area contributed by atoms with Crippen molar-refractivity contribution in [2.75, 3.05) is 25.0 Å². The molecular weight excluding hydrogens is 519 g/mol. The van der Waals surface area contributed by atoms with Gasteiger partial charge >= 0.3 is 0 Å². The van der Waals surface area contributed by atoms with Crippen molar-refractivity contribution in [2.45, 2.75) is 52.0 Å². The minimum atomic E-state index is -0.270. The Morgan fingerprint density at radius 2 is 1.88 bits per heavy atom. The predicted molar refractivity (Wildman–Crippen MR) is 139 cm³/mol. The van der Waals surface area contributed by atoms with Crippen LogP contribution in [0.1, 0.15) is 61.6 Å². The van der Waals surface area contributed by atoms with E-state index in [2.05, 4.69) is 22.9 Å². The lowest BCUT2D eigenvalue weighted by Gasteiger charge is -2.37. The molecule has 0 saturated heterocycles. The maximum absolute atomic E-state index is 12.1. The molecule has 1 saturated carbocycles. The number of benzene rings is 1. The summed E-state index contributed by atoms with van der Waals surface area (Å²) in [5, 5.41) is 19.2. The largest absolute Gasteiger partial charge is 0.459 e. The molecule has 0 spiro atoms. The molecule has 32 heavy (non-hydrogen) atoms. The Bertz CT molecular complexity index is 826. The second kappa shape index (κ2) is 13.5. The van der Waals surface area contributed by atoms with Gasteiger partial charge in [-0.3, -0.25) is 4.79 Å². The molecule has 176 valence electrons. The molecule has 4 N–H and O–H groups in total. The Balaban J connectivity index is 0.00000363. The molecule has 0 atom stereocenters. The van der Waals surface area contributed by atoms with Crippen molar-refractivity contribution >= 4 is 41.5 Å². The Morgan fingerprint density at radius 1 is 1.12 bits per heavy atom. The zero-order valence-corrected chi connectivity index (χ0v) is 21.1. The summed E-state index contributed by atoms with van der Waals surface area (Å²) >= 11 is 0. The van der Waals surface area contributed by atoms with E-state index in [1.54, 1.807) is 12.1 Å². The standard InChI is InChI=1S/C24H34N4O3.HI/c1-2-25-23(27-18-24(14-15-29)12-4-3-5-13-24)26-17-19-8-10-20(11-9-19)28-22(30)21-7-6-16-31-21;/h6-11,16,29H,2-5,12-15,17-18H2,1H3,(H,28,30)(H2,25,26,27);1H. The maximum atomic E-state index is 12.1. The van der Waals surface area contributed by atoms with Crippen molar-refractivity contribution < 1.29 is 14.3 Å². The number of amides is 1. The summed E-state index contributed by atoms with van der Waals surface area (Å²) in [6.45, 7) is 4.44. The van der Waals surface area contributed by atoms with Crippen molar-refractivity contribution in [3.05, 3.63) is 54.0 Å². The van der Waals surface area contributed by atoms with Gasteiger partial charge in [0.2, 0.25) is 0 Å². The van der Waals surface area contributed by atoms with E-state index >= 15 is 0 Å². The first-order chi connectivity index (χ1) is 15.1. The van der Waals surface area contributed by atoms with Crippen molar-refractivity contribution in [3.63, 3.8) is 0 Å². The third-order valence-electron chi connectivity index (χ3n) is 5.91. The van der Waals surface area contributed by atoms with Crippen LogP contribution in [-0.4, -0.2) is 36.7 Å². The highest BCUT2D eigenvalue weighted by Crippen LogP contribution is 2.38. The molecule has 0 unspecified atom stereocenters. The van der Waals surface area contributed by atoms with Gasteiger partial charge in [-0.15, -0.1) is 24.0 Å². The molecule has 1 amide bonds. The van der Waals surface area contributed by atoms with Crippen molar-refractivity contribution in [3.8, 4) is 0 Å². The van der Waals surface area contributed by atoms with E-state index in [1.807, 2.05) is 24.3 Å². The third kappa shape index (κ3) is 7.81. The minimum absolute atomic E-state index is 0. The molecular formula is C24H35IN4O3. The van der Waals surface area contributed by atoms with Crippen molar-refractivity contribution in [1.82, 2.24) is 10.6 Å². The van der Waals surface area contributed by atoms with Crippen LogP contribution < -0.4 is 16.0 Å². The van der Waals surface area contributed by atoms with E-state index in [0.29, 0.717) is 12.2 Å². The predicted octanol–water partition coefficient (Wildman–Crippen LogP) is 4.54. The van der Waals surface area contributed by atoms with Crippen LogP contribution in [-0.2, 0) is 6.54 Å². The SMILES string of the molecule is CCNC(=NCc1ccc(NC(=O)c2ccco2)cc1)NCC1(CCO)CCCCC1.I. The fourth-order valence-corrected chi connectivity index (χ4v) is 4.13. The highest BCUT2D eigenvalue weighted by molar-refractivity contribution is 14.0. The van der Waals surface area contributed by atoms with Crippen LogP contribution in [0.4, 0.5) is 5.69 Å². The summed E-state index contributed by atoms with van der Waals surface area (Å²) < 4.78 is 5.11. The Kier molecular flexibility index (Phi) is 11.0. The number of aliphatic imine (C=N–C) groups is 1. The lowest BCUT2D eigenvalue weighted by atomic mass is 9.72. The number of rotatable bonds is 9. The van der Waals surface area contributed by atoms with Crippen LogP contribution in [0, 0.1) is 5.41 Å². The van der Waals surface area contributed by atoms with Gasteiger partial charge in [0.1, 0.15) is 0 Å². The van der Waals surface area contributed by atoms with E-state index in [1.165, 1.54) is 25.5 Å². The normalized spacial score (nSPS) is 15.5. The highest BCUT2D eigenvalue weighted by atomic mass is 127. The van der Waals surface area contributed by atoms with Gasteiger partial charge in [-0.25, -0.2) is 4.99 Å². The van der Waals surface area contributed by atoms with Crippen molar-refractivity contribution in [1.29, 1.82) is 0 Å². The number of furan rings is 1. The average molecular weight is 554 g/mol. The van der Waals surface area contributed by atoms with E-state index in [0.717, 1.165) is 43.9 Å². The molecule has 1 fully saturated rings. The molecule has 1 aromatic carbocycles. The summed E-state index contributed by atoms with van der Waals surface area (Å²) in [6, 6.07) is 11.0. The molecule has 2 aromatic rings. The number of hydrogen-bond donors (Lipinski definition) is 4. The van der Waals surface area contributed by atoms with Crippen LogP contribution in [0.2, 0.25) is 0 Å². The third-order valence-corrected chi connectivity index (χ3v) is 5.91. The van der Waals surface area contributed by atoms with Gasteiger partial charge < -0.3 is 25.5 Å². The number of aliphatic hydroxyl groups excluding tert-OH is 1. The number of guanidine groups is 1. The number of halogens is 1. The lowest BCUT2D eigenvalue weighted by molar-refractivity contribution is 0.0996. The van der Waals surface area contributed by atoms with Crippen LogP contribution >= 0.6 is 24.0 Å². The minimum Gasteiger partial charge on any atom is -0.459 e. The molecule has 0 radical (unpaired) electrons. The number of nitrogens with zero attached hydrogens (tertiary/aromatic N) is 1. The zero-order chi connectivity index (χ0) is 21.9. The van der Waals surface area contributed by atoms with E-state index in [4.69, 9.17) is 9.41 Å². The van der Waals surface area contributed by atoms with E-state index < -0.39 is 0 Å². The molecule has 1 heterocycles. The van der Waals surface area contributed by atoms with Crippen LogP contribution in [0.3, 0.4) is 0 Å². The summed E-state index contributed by atoms with van der Waals surface area (Å²) in [4.78, 5) is 16.8. The maximum Gasteiger partial charge on any atom is 0.291 e. The van der Waals surface area contributed by atoms with Crippen LogP contribution in [0.15, 0.2) is 52.1 Å². The smallest absolute Gasteiger partial charge is 0.291 e. The van der Waals surface area contributed by atoms with Crippen molar-refractivity contribution in [2.24, 2.45) is 10.4 Å². The molecule has 0 bridgehead atoms. The Hall–Kier alpha value is -2.07. The number of hydrogen-bond acceptors (Lipinski definition) is 4. The molecule has 1 aliphatic rings. The van der Waals surface area contributed by atoms with Crippen LogP contribution in [0.5, 0.6) is 0 Å². The van der Waals surface area contributed by atoms with Gasteiger partial charge in [0, 0.05) is 25.4 Å². The molecule has 3 rings (SSSR count). The molecule has 0 aliphatic heterocycles. The highest BCUT2D eigenvalue weighted by Gasteiger charge is 2.31. The second-order valence-electron chi connectivity index (χ2n) is 8.21. The number of carbonyl (C=O) groups is 1.